The summed E-state index contributed by atoms with van der Waals surface area (Å²) < 4.78 is 0. The van der Waals surface area contributed by atoms with Gasteiger partial charge >= 0.3 is 0 Å². The fourth-order valence-corrected chi connectivity index (χ4v) is 2.36. The number of aliphatic hydroxyl groups excluding tert-OH is 1. The van der Waals surface area contributed by atoms with Gasteiger partial charge in [-0.15, -0.1) is 0 Å². The van der Waals surface area contributed by atoms with E-state index in [-0.39, 0.29) is 6.10 Å². The molecule has 0 aromatic heterocycles. The molecule has 1 aliphatic rings. The molecular weight excluding hydrogens is 230 g/mol. The molecule has 0 saturated carbocycles. The quantitative estimate of drug-likeness (QED) is 0.770. The van der Waals surface area contributed by atoms with E-state index in [1.54, 1.807) is 0 Å². The third-order valence-electron chi connectivity index (χ3n) is 2.81. The van der Waals surface area contributed by atoms with Crippen LogP contribution in [0.4, 0.5) is 0 Å². The number of likely N-dealkylation sites (tertiary alicyclic amines) is 1. The van der Waals surface area contributed by atoms with Gasteiger partial charge in [0.25, 0.3) is 0 Å². The Morgan fingerprint density at radius 1 is 1.54 bits per heavy atom. The van der Waals surface area contributed by atoms with Gasteiger partial charge in [-0.2, -0.15) is 0 Å². The van der Waals surface area contributed by atoms with E-state index in [1.165, 1.54) is 12.8 Å². The van der Waals surface area contributed by atoms with Crippen LogP contribution in [-0.2, 0) is 0 Å². The Bertz CT molecular complexity index is 152. The lowest BCUT2D eigenvalue weighted by atomic mass is 10.0. The van der Waals surface area contributed by atoms with Crippen LogP contribution in [-0.4, -0.2) is 40.6 Å². The van der Waals surface area contributed by atoms with Crippen molar-refractivity contribution in [1.29, 1.82) is 0 Å². The van der Waals surface area contributed by atoms with Gasteiger partial charge in [-0.3, -0.25) is 4.90 Å². The normalized spacial score (nSPS) is 27.0. The Labute approximate surface area is 89.4 Å². The predicted molar refractivity (Wildman–Crippen MR) is 59.2 cm³/mol. The van der Waals surface area contributed by atoms with Crippen LogP contribution in [0.2, 0.25) is 0 Å². The van der Waals surface area contributed by atoms with Gasteiger partial charge in [0, 0.05) is 17.9 Å². The van der Waals surface area contributed by atoms with E-state index in [0.29, 0.717) is 17.3 Å². The van der Waals surface area contributed by atoms with Crippen molar-refractivity contribution in [1.82, 2.24) is 4.90 Å². The summed E-state index contributed by atoms with van der Waals surface area (Å²) in [5.41, 5.74) is 0. The van der Waals surface area contributed by atoms with E-state index in [4.69, 9.17) is 0 Å². The molecule has 13 heavy (non-hydrogen) atoms. The smallest absolute Gasteiger partial charge is 0.0763 e. The standard InChI is InChI=1S/C10H20BrNO/c1-8(2)10-4-3-5-12(10)7-9(13)6-11/h8-10,13H,3-7H2,1-2H3. The number of hydrogen-bond donors (Lipinski definition) is 1. The summed E-state index contributed by atoms with van der Waals surface area (Å²) in [6.07, 6.45) is 2.38. The highest BCUT2D eigenvalue weighted by Gasteiger charge is 2.27. The zero-order chi connectivity index (χ0) is 9.84. The molecule has 0 bridgehead atoms. The predicted octanol–water partition coefficient (Wildman–Crippen LogP) is 1.86. The number of aliphatic hydroxyl groups is 1. The van der Waals surface area contributed by atoms with Gasteiger partial charge in [0.05, 0.1) is 6.10 Å². The summed E-state index contributed by atoms with van der Waals surface area (Å²) in [5, 5.41) is 10.2. The average molecular weight is 250 g/mol. The van der Waals surface area contributed by atoms with Crippen LogP contribution < -0.4 is 0 Å². The fourth-order valence-electron chi connectivity index (χ4n) is 2.15. The SMILES string of the molecule is CC(C)C1CCCN1CC(O)CBr. The summed E-state index contributed by atoms with van der Waals surface area (Å²) in [4.78, 5) is 2.43. The van der Waals surface area contributed by atoms with E-state index < -0.39 is 0 Å². The van der Waals surface area contributed by atoms with Crippen molar-refractivity contribution in [3.05, 3.63) is 0 Å². The van der Waals surface area contributed by atoms with Gasteiger partial charge in [-0.05, 0) is 25.3 Å². The molecule has 1 fully saturated rings. The molecule has 0 aliphatic carbocycles. The average Bonchev–Trinajstić information content (AvgIpc) is 2.52. The lowest BCUT2D eigenvalue weighted by Gasteiger charge is -2.28. The molecule has 2 atom stereocenters. The van der Waals surface area contributed by atoms with Crippen molar-refractivity contribution in [3.8, 4) is 0 Å². The lowest BCUT2D eigenvalue weighted by Crippen LogP contribution is -2.39. The number of β-amino-alcohol motifs (C(OH)–C–C–N with tert-alkyl or cyclic N) is 1. The highest BCUT2D eigenvalue weighted by Crippen LogP contribution is 2.23. The Kier molecular flexibility index (Phi) is 4.70. The molecule has 2 nitrogen and oxygen atoms in total. The Morgan fingerprint density at radius 2 is 2.23 bits per heavy atom. The molecule has 0 aromatic rings. The van der Waals surface area contributed by atoms with Gasteiger partial charge in [0.1, 0.15) is 0 Å². The molecule has 1 rings (SSSR count). The maximum Gasteiger partial charge on any atom is 0.0763 e. The van der Waals surface area contributed by atoms with Gasteiger partial charge in [-0.25, -0.2) is 0 Å². The molecule has 0 aromatic carbocycles. The minimum atomic E-state index is -0.209. The zero-order valence-corrected chi connectivity index (χ0v) is 10.1. The van der Waals surface area contributed by atoms with Crippen molar-refractivity contribution in [2.45, 2.75) is 38.8 Å². The third-order valence-corrected chi connectivity index (χ3v) is 3.55. The molecule has 1 aliphatic heterocycles. The lowest BCUT2D eigenvalue weighted by molar-refractivity contribution is 0.109. The second-order valence-electron chi connectivity index (χ2n) is 4.26. The number of hydrogen-bond acceptors (Lipinski definition) is 2. The van der Waals surface area contributed by atoms with Gasteiger partial charge in [-0.1, -0.05) is 29.8 Å². The second kappa shape index (κ2) is 5.32. The molecule has 3 heteroatoms. The van der Waals surface area contributed by atoms with Crippen LogP contribution in [0, 0.1) is 5.92 Å². The number of nitrogens with zero attached hydrogens (tertiary/aromatic N) is 1. The van der Waals surface area contributed by atoms with Gasteiger partial charge in [0.2, 0.25) is 0 Å². The van der Waals surface area contributed by atoms with Crippen LogP contribution in [0.3, 0.4) is 0 Å². The van der Waals surface area contributed by atoms with Crippen molar-refractivity contribution in [2.75, 3.05) is 18.4 Å². The Hall–Kier alpha value is 0.400. The molecule has 0 spiro atoms. The van der Waals surface area contributed by atoms with Crippen molar-refractivity contribution < 1.29 is 5.11 Å². The first-order valence-electron chi connectivity index (χ1n) is 5.13. The molecule has 0 radical (unpaired) electrons. The van der Waals surface area contributed by atoms with E-state index >= 15 is 0 Å². The van der Waals surface area contributed by atoms with E-state index in [2.05, 4.69) is 34.7 Å². The maximum atomic E-state index is 9.53. The number of rotatable bonds is 4. The summed E-state index contributed by atoms with van der Waals surface area (Å²) in [6.45, 7) is 6.52. The molecule has 78 valence electrons. The van der Waals surface area contributed by atoms with Crippen LogP contribution in [0.5, 0.6) is 0 Å². The van der Waals surface area contributed by atoms with Crippen LogP contribution >= 0.6 is 15.9 Å². The minimum absolute atomic E-state index is 0.209. The summed E-state index contributed by atoms with van der Waals surface area (Å²) in [5.74, 6) is 0.713. The molecule has 0 amide bonds. The topological polar surface area (TPSA) is 23.5 Å². The largest absolute Gasteiger partial charge is 0.391 e. The molecule has 1 saturated heterocycles. The zero-order valence-electron chi connectivity index (χ0n) is 8.54. The van der Waals surface area contributed by atoms with Crippen LogP contribution in [0.25, 0.3) is 0 Å². The Balaban J connectivity index is 2.39. The minimum Gasteiger partial charge on any atom is -0.391 e. The molecule has 2 unspecified atom stereocenters. The van der Waals surface area contributed by atoms with Gasteiger partial charge in [0.15, 0.2) is 0 Å². The van der Waals surface area contributed by atoms with Crippen molar-refractivity contribution in [3.63, 3.8) is 0 Å². The maximum absolute atomic E-state index is 9.53. The number of alkyl halides is 1. The summed E-state index contributed by atoms with van der Waals surface area (Å²) in [6, 6.07) is 0.689. The van der Waals surface area contributed by atoms with Gasteiger partial charge < -0.3 is 5.11 Å². The highest BCUT2D eigenvalue weighted by atomic mass is 79.9. The van der Waals surface area contributed by atoms with Crippen LogP contribution in [0.15, 0.2) is 0 Å². The first kappa shape index (κ1) is 11.5. The first-order valence-corrected chi connectivity index (χ1v) is 6.25. The van der Waals surface area contributed by atoms with E-state index in [0.717, 1.165) is 13.1 Å². The van der Waals surface area contributed by atoms with Crippen LogP contribution in [0.1, 0.15) is 26.7 Å². The third kappa shape index (κ3) is 3.22. The van der Waals surface area contributed by atoms with E-state index in [1.807, 2.05) is 0 Å². The summed E-state index contributed by atoms with van der Waals surface area (Å²) in [7, 11) is 0. The number of halogens is 1. The van der Waals surface area contributed by atoms with E-state index in [9.17, 15) is 5.11 Å². The highest BCUT2D eigenvalue weighted by molar-refractivity contribution is 9.09. The van der Waals surface area contributed by atoms with Crippen molar-refractivity contribution >= 4 is 15.9 Å². The van der Waals surface area contributed by atoms with Crippen molar-refractivity contribution in [2.24, 2.45) is 5.92 Å². The second-order valence-corrected chi connectivity index (χ2v) is 4.90. The first-order chi connectivity index (χ1) is 6.15. The molecule has 1 N–H and O–H groups in total. The molecule has 1 heterocycles. The fraction of sp³-hybridized carbons (Fsp3) is 1.00. The molecular formula is C10H20BrNO. The summed E-state index contributed by atoms with van der Waals surface area (Å²) >= 11 is 3.30. The monoisotopic (exact) mass is 249 g/mol. The Morgan fingerprint density at radius 3 is 2.77 bits per heavy atom.